The van der Waals surface area contributed by atoms with Gasteiger partial charge in [-0.15, -0.1) is 0 Å². The average Bonchev–Trinajstić information content (AvgIpc) is 2.96. The number of aliphatic hydroxyl groups is 1. The van der Waals surface area contributed by atoms with Gasteiger partial charge in [0.15, 0.2) is 9.84 Å². The Kier molecular flexibility index (Phi) is 8.35. The third kappa shape index (κ3) is 6.44. The number of fused-ring (bicyclic) bond motifs is 1. The number of aliphatic hydroxyl groups excluding tert-OH is 1. The van der Waals surface area contributed by atoms with E-state index in [1.165, 1.54) is 6.26 Å². The molecule has 0 aliphatic heterocycles. The van der Waals surface area contributed by atoms with Crippen LogP contribution in [0.3, 0.4) is 0 Å². The van der Waals surface area contributed by atoms with Crippen LogP contribution in [-0.2, 0) is 23.0 Å². The van der Waals surface area contributed by atoms with Gasteiger partial charge in [0.2, 0.25) is 5.95 Å². The van der Waals surface area contributed by atoms with Crippen molar-refractivity contribution in [2.45, 2.75) is 40.8 Å². The molecule has 7 nitrogen and oxygen atoms in total. The molecule has 0 bridgehead atoms. The molecule has 1 heterocycles. The van der Waals surface area contributed by atoms with Crippen molar-refractivity contribution < 1.29 is 13.5 Å². The third-order valence-corrected chi connectivity index (χ3v) is 8.90. The molecule has 0 radical (unpaired) electrons. The molecule has 1 atom stereocenters. The minimum Gasteiger partial charge on any atom is -0.392 e. The van der Waals surface area contributed by atoms with E-state index in [-0.39, 0.29) is 12.6 Å². The molecule has 0 aliphatic carbocycles. The minimum absolute atomic E-state index is 0.00936. The molecule has 0 saturated carbocycles. The highest BCUT2D eigenvalue weighted by atomic mass is 32.2. The molecule has 0 aliphatic rings. The van der Waals surface area contributed by atoms with Gasteiger partial charge in [-0.25, -0.2) is 13.4 Å². The van der Waals surface area contributed by atoms with Gasteiger partial charge in [0, 0.05) is 34.0 Å². The van der Waals surface area contributed by atoms with Crippen LogP contribution < -0.4 is 10.6 Å². The molecule has 0 fully saturated rings. The highest BCUT2D eigenvalue weighted by Gasteiger charge is 2.14. The molecule has 1 aromatic heterocycles. The van der Waals surface area contributed by atoms with Gasteiger partial charge in [-0.3, -0.25) is 0 Å². The SMILES string of the molecule is CC(Nc1nc(NCc2ccccc2Sc2ccccc2CO)nc2ccccc12)c1ccc(S(C)(=O)=O)cc1. The number of para-hydroxylation sites is 1. The average molecular weight is 571 g/mol. The lowest BCUT2D eigenvalue weighted by Gasteiger charge is -2.18. The zero-order chi connectivity index (χ0) is 28.1. The monoisotopic (exact) mass is 570 g/mol. The molecule has 3 N–H and O–H groups in total. The number of nitrogens with one attached hydrogen (secondary N) is 2. The first-order chi connectivity index (χ1) is 19.3. The summed E-state index contributed by atoms with van der Waals surface area (Å²) in [6, 6.07) is 30.6. The zero-order valence-corrected chi connectivity index (χ0v) is 23.8. The van der Waals surface area contributed by atoms with Crippen LogP contribution in [0.4, 0.5) is 11.8 Å². The van der Waals surface area contributed by atoms with Crippen LogP contribution in [0.1, 0.15) is 29.7 Å². The summed E-state index contributed by atoms with van der Waals surface area (Å²) in [6.07, 6.45) is 1.20. The summed E-state index contributed by atoms with van der Waals surface area (Å²) >= 11 is 1.62. The lowest BCUT2D eigenvalue weighted by molar-refractivity contribution is 0.279. The van der Waals surface area contributed by atoms with Crippen LogP contribution in [0.15, 0.2) is 112 Å². The van der Waals surface area contributed by atoms with E-state index in [0.717, 1.165) is 37.4 Å². The Morgan fingerprint density at radius 3 is 2.15 bits per heavy atom. The Balaban J connectivity index is 1.38. The van der Waals surface area contributed by atoms with Crippen LogP contribution in [-0.4, -0.2) is 29.7 Å². The number of nitrogens with zero attached hydrogens (tertiary/aromatic N) is 2. The molecule has 0 spiro atoms. The summed E-state index contributed by atoms with van der Waals surface area (Å²) in [4.78, 5) is 11.9. The van der Waals surface area contributed by atoms with Gasteiger partial charge in [0.05, 0.1) is 17.0 Å². The largest absolute Gasteiger partial charge is 0.392 e. The maximum atomic E-state index is 11.8. The van der Waals surface area contributed by atoms with E-state index in [1.54, 1.807) is 23.9 Å². The minimum atomic E-state index is -3.25. The lowest BCUT2D eigenvalue weighted by Crippen LogP contribution is -2.11. The molecule has 9 heteroatoms. The molecular formula is C31H30N4O3S2. The molecule has 0 saturated heterocycles. The van der Waals surface area contributed by atoms with Crippen molar-refractivity contribution in [1.82, 2.24) is 9.97 Å². The van der Waals surface area contributed by atoms with Crippen molar-refractivity contribution in [2.24, 2.45) is 0 Å². The fourth-order valence-electron chi connectivity index (χ4n) is 4.33. The predicted octanol–water partition coefficient (Wildman–Crippen LogP) is 6.46. The Labute approximate surface area is 238 Å². The van der Waals surface area contributed by atoms with Crippen molar-refractivity contribution in [3.8, 4) is 0 Å². The van der Waals surface area contributed by atoms with Gasteiger partial charge < -0.3 is 15.7 Å². The van der Waals surface area contributed by atoms with Crippen molar-refractivity contribution >= 4 is 44.3 Å². The second kappa shape index (κ2) is 12.1. The lowest BCUT2D eigenvalue weighted by atomic mass is 10.1. The smallest absolute Gasteiger partial charge is 0.225 e. The van der Waals surface area contributed by atoms with E-state index < -0.39 is 9.84 Å². The fourth-order valence-corrected chi connectivity index (χ4v) is 6.03. The number of benzene rings is 4. The fraction of sp³-hybridized carbons (Fsp3) is 0.161. The maximum Gasteiger partial charge on any atom is 0.225 e. The summed E-state index contributed by atoms with van der Waals surface area (Å²) in [7, 11) is -3.25. The normalized spacial score (nSPS) is 12.3. The summed E-state index contributed by atoms with van der Waals surface area (Å²) in [5, 5.41) is 17.5. The molecule has 0 amide bonds. The third-order valence-electron chi connectivity index (χ3n) is 6.54. The summed E-state index contributed by atoms with van der Waals surface area (Å²) in [6.45, 7) is 2.52. The van der Waals surface area contributed by atoms with Crippen LogP contribution >= 0.6 is 11.8 Å². The number of rotatable bonds is 10. The second-order valence-electron chi connectivity index (χ2n) is 9.45. The Hall–Kier alpha value is -3.92. The quantitative estimate of drug-likeness (QED) is 0.176. The van der Waals surface area contributed by atoms with Crippen molar-refractivity contribution in [2.75, 3.05) is 16.9 Å². The first kappa shape index (κ1) is 27.6. The van der Waals surface area contributed by atoms with E-state index in [9.17, 15) is 13.5 Å². The van der Waals surface area contributed by atoms with Crippen molar-refractivity contribution in [1.29, 1.82) is 0 Å². The molecule has 5 rings (SSSR count). The highest BCUT2D eigenvalue weighted by molar-refractivity contribution is 7.99. The first-order valence-corrected chi connectivity index (χ1v) is 15.5. The molecule has 1 unspecified atom stereocenters. The highest BCUT2D eigenvalue weighted by Crippen LogP contribution is 2.33. The van der Waals surface area contributed by atoms with E-state index in [0.29, 0.717) is 23.2 Å². The van der Waals surface area contributed by atoms with E-state index >= 15 is 0 Å². The van der Waals surface area contributed by atoms with Crippen LogP contribution in [0.2, 0.25) is 0 Å². The number of hydrogen-bond donors (Lipinski definition) is 3. The van der Waals surface area contributed by atoms with Gasteiger partial charge in [0.1, 0.15) is 5.82 Å². The molecule has 5 aromatic rings. The Bertz CT molecular complexity index is 1740. The van der Waals surface area contributed by atoms with Crippen LogP contribution in [0.25, 0.3) is 10.9 Å². The first-order valence-electron chi connectivity index (χ1n) is 12.8. The van der Waals surface area contributed by atoms with Gasteiger partial charge >= 0.3 is 0 Å². The van der Waals surface area contributed by atoms with Gasteiger partial charge in [-0.05, 0) is 60.0 Å². The van der Waals surface area contributed by atoms with Gasteiger partial charge in [-0.1, -0.05) is 72.4 Å². The number of hydrogen-bond acceptors (Lipinski definition) is 8. The molecular weight excluding hydrogens is 541 g/mol. The number of aromatic nitrogens is 2. The Morgan fingerprint density at radius 2 is 1.45 bits per heavy atom. The number of sulfone groups is 1. The zero-order valence-electron chi connectivity index (χ0n) is 22.2. The van der Waals surface area contributed by atoms with Gasteiger partial charge in [0.25, 0.3) is 0 Å². The van der Waals surface area contributed by atoms with Crippen LogP contribution in [0.5, 0.6) is 0 Å². The van der Waals surface area contributed by atoms with Gasteiger partial charge in [-0.2, -0.15) is 4.98 Å². The second-order valence-corrected chi connectivity index (χ2v) is 12.5. The van der Waals surface area contributed by atoms with E-state index in [1.807, 2.05) is 79.7 Å². The summed E-state index contributed by atoms with van der Waals surface area (Å²) in [5.41, 5.74) is 3.73. The topological polar surface area (TPSA) is 104 Å². The summed E-state index contributed by atoms with van der Waals surface area (Å²) in [5.74, 6) is 1.18. The van der Waals surface area contributed by atoms with E-state index in [2.05, 4.69) is 22.8 Å². The predicted molar refractivity (Wildman–Crippen MR) is 161 cm³/mol. The summed E-state index contributed by atoms with van der Waals surface area (Å²) < 4.78 is 23.7. The number of anilines is 2. The van der Waals surface area contributed by atoms with Crippen molar-refractivity contribution in [3.05, 3.63) is 114 Å². The van der Waals surface area contributed by atoms with Crippen molar-refractivity contribution in [3.63, 3.8) is 0 Å². The standard InChI is InChI=1S/C31H30N4O3S2/c1-21(22-15-17-25(18-16-22)40(2,37)38)33-30-26-11-5-6-12-27(26)34-31(35-30)32-19-23-9-3-7-13-28(23)39-29-14-8-4-10-24(29)20-36/h3-18,21,36H,19-20H2,1-2H3,(H2,32,33,34,35). The molecule has 204 valence electrons. The maximum absolute atomic E-state index is 11.8. The Morgan fingerprint density at radius 1 is 0.825 bits per heavy atom. The van der Waals surface area contributed by atoms with Crippen LogP contribution in [0, 0.1) is 0 Å². The van der Waals surface area contributed by atoms with E-state index in [4.69, 9.17) is 9.97 Å². The molecule has 4 aromatic carbocycles. The molecule has 40 heavy (non-hydrogen) atoms.